The van der Waals surface area contributed by atoms with Gasteiger partial charge in [0.05, 0.1) is 11.7 Å². The van der Waals surface area contributed by atoms with Crippen LogP contribution in [0.3, 0.4) is 0 Å². The third kappa shape index (κ3) is 3.89. The van der Waals surface area contributed by atoms with E-state index in [0.29, 0.717) is 6.42 Å². The number of rotatable bonds is 6. The zero-order valence-electron chi connectivity index (χ0n) is 11.0. The molecule has 0 spiro atoms. The Balaban J connectivity index is 2.43. The molecule has 1 aromatic rings. The highest BCUT2D eigenvalue weighted by molar-refractivity contribution is 5.73. The Morgan fingerprint density at radius 2 is 2.18 bits per heavy atom. The molecule has 0 saturated carbocycles. The van der Waals surface area contributed by atoms with Gasteiger partial charge in [-0.15, -0.1) is 0 Å². The van der Waals surface area contributed by atoms with Gasteiger partial charge in [-0.2, -0.15) is 0 Å². The Morgan fingerprint density at radius 3 is 2.65 bits per heavy atom. The number of carboxylic acid groups (broad SMARTS) is 1. The second kappa shape index (κ2) is 5.36. The topological polar surface area (TPSA) is 53.7 Å². The monoisotopic (exact) mass is 239 g/mol. The van der Waals surface area contributed by atoms with E-state index >= 15 is 0 Å². The lowest BCUT2D eigenvalue weighted by molar-refractivity contribution is -0.147. The molecule has 0 aliphatic carbocycles. The molecule has 0 aliphatic heterocycles. The minimum absolute atomic E-state index is 0.635. The normalized spacial score (nSPS) is 12.1. The molecular formula is C13H21NO3. The molecule has 1 rings (SSSR count). The van der Waals surface area contributed by atoms with Crippen molar-refractivity contribution in [1.29, 1.82) is 0 Å². The molecule has 96 valence electrons. The van der Waals surface area contributed by atoms with E-state index in [-0.39, 0.29) is 0 Å². The Kier molecular flexibility index (Phi) is 4.34. The average molecular weight is 239 g/mol. The van der Waals surface area contributed by atoms with Crippen molar-refractivity contribution in [3.05, 3.63) is 23.7 Å². The standard InChI is InChI=1S/C13H21NO3/c1-10-11(5-8-17-10)9-14(4)7-6-13(2,3)12(15)16/h5,8H,6-7,9H2,1-4H3,(H,15,16). The fraction of sp³-hybridized carbons (Fsp3) is 0.615. The molecule has 0 fully saturated rings. The van der Waals surface area contributed by atoms with Crippen LogP contribution in [0.5, 0.6) is 0 Å². The number of furan rings is 1. The maximum Gasteiger partial charge on any atom is 0.309 e. The zero-order chi connectivity index (χ0) is 13.1. The van der Waals surface area contributed by atoms with E-state index in [0.717, 1.165) is 24.4 Å². The molecule has 1 N–H and O–H groups in total. The molecule has 0 aromatic carbocycles. The van der Waals surface area contributed by atoms with E-state index in [1.54, 1.807) is 20.1 Å². The molecule has 1 aromatic heterocycles. The van der Waals surface area contributed by atoms with Crippen LogP contribution in [0.2, 0.25) is 0 Å². The average Bonchev–Trinajstić information content (AvgIpc) is 2.61. The van der Waals surface area contributed by atoms with E-state index < -0.39 is 11.4 Å². The summed E-state index contributed by atoms with van der Waals surface area (Å²) in [6.45, 7) is 6.99. The fourth-order valence-corrected chi connectivity index (χ4v) is 1.52. The molecule has 0 atom stereocenters. The first-order chi connectivity index (χ1) is 7.83. The number of hydrogen-bond donors (Lipinski definition) is 1. The minimum Gasteiger partial charge on any atom is -0.481 e. The summed E-state index contributed by atoms with van der Waals surface area (Å²) >= 11 is 0. The summed E-state index contributed by atoms with van der Waals surface area (Å²) in [7, 11) is 1.99. The third-order valence-corrected chi connectivity index (χ3v) is 3.10. The Morgan fingerprint density at radius 1 is 1.53 bits per heavy atom. The first kappa shape index (κ1) is 13.8. The molecule has 0 unspecified atom stereocenters. The molecule has 17 heavy (non-hydrogen) atoms. The smallest absolute Gasteiger partial charge is 0.309 e. The van der Waals surface area contributed by atoms with Crippen LogP contribution in [0, 0.1) is 12.3 Å². The third-order valence-electron chi connectivity index (χ3n) is 3.10. The van der Waals surface area contributed by atoms with Gasteiger partial charge in [-0.1, -0.05) is 0 Å². The first-order valence-electron chi connectivity index (χ1n) is 5.78. The number of carbonyl (C=O) groups is 1. The zero-order valence-corrected chi connectivity index (χ0v) is 11.0. The van der Waals surface area contributed by atoms with Crippen molar-refractivity contribution < 1.29 is 14.3 Å². The summed E-state index contributed by atoms with van der Waals surface area (Å²) in [6.07, 6.45) is 2.31. The van der Waals surface area contributed by atoms with Crippen LogP contribution in [-0.4, -0.2) is 29.6 Å². The van der Waals surface area contributed by atoms with Gasteiger partial charge in [0.15, 0.2) is 0 Å². The lowest BCUT2D eigenvalue weighted by Gasteiger charge is -2.23. The number of nitrogens with zero attached hydrogens (tertiary/aromatic N) is 1. The predicted octanol–water partition coefficient (Wildman–Crippen LogP) is 2.52. The highest BCUT2D eigenvalue weighted by Crippen LogP contribution is 2.21. The molecule has 0 aliphatic rings. The molecular weight excluding hydrogens is 218 g/mol. The summed E-state index contributed by atoms with van der Waals surface area (Å²) < 4.78 is 5.23. The van der Waals surface area contributed by atoms with Crippen LogP contribution < -0.4 is 0 Å². The van der Waals surface area contributed by atoms with Crippen molar-refractivity contribution in [3.63, 3.8) is 0 Å². The maximum atomic E-state index is 11.0. The minimum atomic E-state index is -0.745. The van der Waals surface area contributed by atoms with E-state index in [1.807, 2.05) is 20.0 Å². The van der Waals surface area contributed by atoms with E-state index in [1.165, 1.54) is 0 Å². The van der Waals surface area contributed by atoms with Crippen LogP contribution in [0.4, 0.5) is 0 Å². The van der Waals surface area contributed by atoms with Crippen LogP contribution in [0.25, 0.3) is 0 Å². The van der Waals surface area contributed by atoms with Gasteiger partial charge in [0.1, 0.15) is 5.76 Å². The largest absolute Gasteiger partial charge is 0.481 e. The van der Waals surface area contributed by atoms with Crippen molar-refractivity contribution in [2.24, 2.45) is 5.41 Å². The Bertz CT molecular complexity index is 382. The summed E-state index contributed by atoms with van der Waals surface area (Å²) in [5.41, 5.74) is 0.486. The van der Waals surface area contributed by atoms with Gasteiger partial charge in [-0.3, -0.25) is 4.79 Å². The van der Waals surface area contributed by atoms with Gasteiger partial charge in [-0.25, -0.2) is 0 Å². The Labute approximate surface area is 102 Å². The summed E-state index contributed by atoms with van der Waals surface area (Å²) in [6, 6.07) is 1.95. The van der Waals surface area contributed by atoms with E-state index in [2.05, 4.69) is 4.90 Å². The second-order valence-corrected chi connectivity index (χ2v) is 5.18. The van der Waals surface area contributed by atoms with Crippen molar-refractivity contribution in [2.45, 2.75) is 33.7 Å². The predicted molar refractivity (Wildman–Crippen MR) is 65.8 cm³/mol. The lowest BCUT2D eigenvalue weighted by atomic mass is 9.89. The van der Waals surface area contributed by atoms with Crippen LogP contribution in [0.1, 0.15) is 31.6 Å². The Hall–Kier alpha value is -1.29. The van der Waals surface area contributed by atoms with Crippen LogP contribution in [-0.2, 0) is 11.3 Å². The lowest BCUT2D eigenvalue weighted by Crippen LogP contribution is -2.30. The molecule has 4 heteroatoms. The van der Waals surface area contributed by atoms with Crippen molar-refractivity contribution >= 4 is 5.97 Å². The molecule has 1 heterocycles. The quantitative estimate of drug-likeness (QED) is 0.828. The maximum absolute atomic E-state index is 11.0. The van der Waals surface area contributed by atoms with Crippen LogP contribution in [0.15, 0.2) is 16.7 Å². The van der Waals surface area contributed by atoms with Crippen molar-refractivity contribution in [3.8, 4) is 0 Å². The van der Waals surface area contributed by atoms with E-state index in [4.69, 9.17) is 9.52 Å². The highest BCUT2D eigenvalue weighted by atomic mass is 16.4. The first-order valence-corrected chi connectivity index (χ1v) is 5.78. The van der Waals surface area contributed by atoms with E-state index in [9.17, 15) is 4.79 Å². The van der Waals surface area contributed by atoms with Gasteiger partial charge >= 0.3 is 5.97 Å². The SMILES string of the molecule is Cc1occc1CN(C)CCC(C)(C)C(=O)O. The molecule has 0 saturated heterocycles. The number of aryl methyl sites for hydroxylation is 1. The number of hydrogen-bond acceptors (Lipinski definition) is 3. The summed E-state index contributed by atoms with van der Waals surface area (Å²) in [4.78, 5) is 13.1. The fourth-order valence-electron chi connectivity index (χ4n) is 1.52. The van der Waals surface area contributed by atoms with Crippen molar-refractivity contribution in [1.82, 2.24) is 4.90 Å². The van der Waals surface area contributed by atoms with Gasteiger partial charge in [0.25, 0.3) is 0 Å². The number of carboxylic acids is 1. The summed E-state index contributed by atoms with van der Waals surface area (Å²) in [5.74, 6) is 0.180. The highest BCUT2D eigenvalue weighted by Gasteiger charge is 2.26. The van der Waals surface area contributed by atoms with Crippen molar-refractivity contribution in [2.75, 3.05) is 13.6 Å². The number of aliphatic carboxylic acids is 1. The molecule has 4 nitrogen and oxygen atoms in total. The van der Waals surface area contributed by atoms with Crippen LogP contribution >= 0.6 is 0 Å². The summed E-state index contributed by atoms with van der Waals surface area (Å²) in [5, 5.41) is 9.02. The second-order valence-electron chi connectivity index (χ2n) is 5.18. The van der Waals surface area contributed by atoms with Gasteiger partial charge in [-0.05, 0) is 46.9 Å². The van der Waals surface area contributed by atoms with Gasteiger partial charge < -0.3 is 14.4 Å². The van der Waals surface area contributed by atoms with Gasteiger partial charge in [0.2, 0.25) is 0 Å². The molecule has 0 bridgehead atoms. The molecule has 0 radical (unpaired) electrons. The van der Waals surface area contributed by atoms with Gasteiger partial charge in [0, 0.05) is 12.1 Å². The molecule has 0 amide bonds.